The van der Waals surface area contributed by atoms with Crippen LogP contribution in [0.25, 0.3) is 0 Å². The van der Waals surface area contributed by atoms with Gasteiger partial charge >= 0.3 is 12.0 Å². The number of anilines is 1. The van der Waals surface area contributed by atoms with Crippen LogP contribution in [-0.2, 0) is 9.53 Å². The molecule has 0 atom stereocenters. The van der Waals surface area contributed by atoms with Crippen molar-refractivity contribution < 1.29 is 18.7 Å². The second-order valence-electron chi connectivity index (χ2n) is 3.91. The van der Waals surface area contributed by atoms with E-state index in [-0.39, 0.29) is 19.7 Å². The summed E-state index contributed by atoms with van der Waals surface area (Å²) in [5.74, 6) is -0.966. The van der Waals surface area contributed by atoms with Crippen molar-refractivity contribution in [2.75, 3.05) is 25.0 Å². The van der Waals surface area contributed by atoms with Gasteiger partial charge in [-0.3, -0.25) is 4.79 Å². The van der Waals surface area contributed by atoms with E-state index in [4.69, 9.17) is 4.74 Å². The van der Waals surface area contributed by atoms with Crippen LogP contribution in [0.3, 0.4) is 0 Å². The zero-order chi connectivity index (χ0) is 15.0. The standard InChI is InChI=1S/C14H17FN2O3/c1-3-8-17(10-13(18)20-4-2)14(19)16-12-7-5-6-11(15)9-12/h3,5-7,9H,1,4,8,10H2,2H3,(H,16,19). The number of nitrogens with zero attached hydrogens (tertiary/aromatic N) is 1. The Bertz CT molecular complexity index is 491. The molecule has 0 aromatic heterocycles. The van der Waals surface area contributed by atoms with Gasteiger partial charge in [-0.2, -0.15) is 0 Å². The van der Waals surface area contributed by atoms with Gasteiger partial charge in [0.15, 0.2) is 0 Å². The topological polar surface area (TPSA) is 58.6 Å². The first-order valence-corrected chi connectivity index (χ1v) is 6.14. The van der Waals surface area contributed by atoms with E-state index < -0.39 is 17.8 Å². The molecule has 0 aliphatic carbocycles. The minimum Gasteiger partial charge on any atom is -0.465 e. The molecule has 0 saturated heterocycles. The molecule has 0 unspecified atom stereocenters. The van der Waals surface area contributed by atoms with Crippen LogP contribution < -0.4 is 5.32 Å². The molecular weight excluding hydrogens is 263 g/mol. The number of hydrogen-bond acceptors (Lipinski definition) is 3. The van der Waals surface area contributed by atoms with Crippen LogP contribution in [0.1, 0.15) is 6.92 Å². The van der Waals surface area contributed by atoms with Gasteiger partial charge in [0.2, 0.25) is 0 Å². The third kappa shape index (κ3) is 5.09. The Morgan fingerprint density at radius 1 is 1.50 bits per heavy atom. The summed E-state index contributed by atoms with van der Waals surface area (Å²) in [7, 11) is 0. The predicted octanol–water partition coefficient (Wildman–Crippen LogP) is 2.41. The van der Waals surface area contributed by atoms with Crippen LogP contribution in [0.4, 0.5) is 14.9 Å². The van der Waals surface area contributed by atoms with Gasteiger partial charge in [0.1, 0.15) is 12.4 Å². The van der Waals surface area contributed by atoms with E-state index in [0.717, 1.165) is 0 Å². The molecule has 1 aromatic rings. The molecule has 0 radical (unpaired) electrons. The van der Waals surface area contributed by atoms with Crippen LogP contribution >= 0.6 is 0 Å². The van der Waals surface area contributed by atoms with Gasteiger partial charge in [-0.15, -0.1) is 6.58 Å². The molecule has 0 heterocycles. The molecule has 2 amide bonds. The number of amides is 2. The number of rotatable bonds is 6. The molecule has 0 spiro atoms. The van der Waals surface area contributed by atoms with Crippen molar-refractivity contribution in [3.8, 4) is 0 Å². The van der Waals surface area contributed by atoms with E-state index in [1.165, 1.54) is 29.2 Å². The highest BCUT2D eigenvalue weighted by Crippen LogP contribution is 2.10. The van der Waals surface area contributed by atoms with Crippen LogP contribution in [-0.4, -0.2) is 36.6 Å². The summed E-state index contributed by atoms with van der Waals surface area (Å²) in [5.41, 5.74) is 0.313. The average Bonchev–Trinajstić information content (AvgIpc) is 2.38. The Hall–Kier alpha value is -2.37. The largest absolute Gasteiger partial charge is 0.465 e. The van der Waals surface area contributed by atoms with Crippen molar-refractivity contribution in [1.82, 2.24) is 4.90 Å². The Morgan fingerprint density at radius 3 is 2.85 bits per heavy atom. The van der Waals surface area contributed by atoms with E-state index in [1.54, 1.807) is 13.0 Å². The fraction of sp³-hybridized carbons (Fsp3) is 0.286. The molecule has 6 heteroatoms. The molecule has 0 aliphatic heterocycles. The van der Waals surface area contributed by atoms with Gasteiger partial charge in [0.05, 0.1) is 6.61 Å². The second-order valence-corrected chi connectivity index (χ2v) is 3.91. The van der Waals surface area contributed by atoms with E-state index in [1.807, 2.05) is 0 Å². The number of carbonyl (C=O) groups excluding carboxylic acids is 2. The Kier molecular flexibility index (Phi) is 6.22. The fourth-order valence-electron chi connectivity index (χ4n) is 1.51. The molecule has 1 N–H and O–H groups in total. The number of nitrogens with one attached hydrogen (secondary N) is 1. The van der Waals surface area contributed by atoms with Crippen molar-refractivity contribution in [3.05, 3.63) is 42.7 Å². The number of ether oxygens (including phenoxy) is 1. The summed E-state index contributed by atoms with van der Waals surface area (Å²) < 4.78 is 17.8. The van der Waals surface area contributed by atoms with Crippen molar-refractivity contribution in [1.29, 1.82) is 0 Å². The first-order valence-electron chi connectivity index (χ1n) is 6.14. The highest BCUT2D eigenvalue weighted by atomic mass is 19.1. The fourth-order valence-corrected chi connectivity index (χ4v) is 1.51. The highest BCUT2D eigenvalue weighted by molar-refractivity contribution is 5.91. The van der Waals surface area contributed by atoms with Gasteiger partial charge < -0.3 is 15.0 Å². The van der Waals surface area contributed by atoms with E-state index in [2.05, 4.69) is 11.9 Å². The van der Waals surface area contributed by atoms with Crippen LogP contribution in [0.2, 0.25) is 0 Å². The Balaban J connectivity index is 2.68. The maximum atomic E-state index is 13.0. The molecule has 1 aromatic carbocycles. The average molecular weight is 280 g/mol. The molecule has 0 bridgehead atoms. The number of esters is 1. The van der Waals surface area contributed by atoms with Gasteiger partial charge in [0.25, 0.3) is 0 Å². The van der Waals surface area contributed by atoms with Crippen molar-refractivity contribution in [3.63, 3.8) is 0 Å². The van der Waals surface area contributed by atoms with Crippen LogP contribution in [0, 0.1) is 5.82 Å². The second kappa shape index (κ2) is 7.93. The molecule has 5 nitrogen and oxygen atoms in total. The van der Waals surface area contributed by atoms with E-state index in [9.17, 15) is 14.0 Å². The summed E-state index contributed by atoms with van der Waals surface area (Å²) >= 11 is 0. The van der Waals surface area contributed by atoms with Crippen molar-refractivity contribution in [2.24, 2.45) is 0 Å². The normalized spacial score (nSPS) is 9.70. The molecule has 1 rings (SSSR count). The van der Waals surface area contributed by atoms with Gasteiger partial charge in [0, 0.05) is 12.2 Å². The first kappa shape index (κ1) is 15.7. The summed E-state index contributed by atoms with van der Waals surface area (Å²) in [6.07, 6.45) is 1.49. The minimum atomic E-state index is -0.524. The lowest BCUT2D eigenvalue weighted by Crippen LogP contribution is -2.39. The molecule has 0 fully saturated rings. The third-order valence-corrected chi connectivity index (χ3v) is 2.34. The first-order chi connectivity index (χ1) is 9.56. The lowest BCUT2D eigenvalue weighted by atomic mass is 10.3. The monoisotopic (exact) mass is 280 g/mol. The zero-order valence-corrected chi connectivity index (χ0v) is 11.3. The van der Waals surface area contributed by atoms with Crippen molar-refractivity contribution in [2.45, 2.75) is 6.92 Å². The third-order valence-electron chi connectivity index (χ3n) is 2.34. The van der Waals surface area contributed by atoms with Crippen LogP contribution in [0.5, 0.6) is 0 Å². The van der Waals surface area contributed by atoms with Gasteiger partial charge in [-0.25, -0.2) is 9.18 Å². The molecule has 0 aliphatic rings. The summed E-state index contributed by atoms with van der Waals surface area (Å²) in [6.45, 7) is 5.44. The van der Waals surface area contributed by atoms with E-state index in [0.29, 0.717) is 5.69 Å². The molecule has 20 heavy (non-hydrogen) atoms. The molecule has 0 saturated carbocycles. The summed E-state index contributed by atoms with van der Waals surface area (Å²) in [4.78, 5) is 24.6. The minimum absolute atomic E-state index is 0.181. The maximum absolute atomic E-state index is 13.0. The summed E-state index contributed by atoms with van der Waals surface area (Å²) in [6, 6.07) is 4.97. The Labute approximate surface area is 117 Å². The highest BCUT2D eigenvalue weighted by Gasteiger charge is 2.16. The lowest BCUT2D eigenvalue weighted by molar-refractivity contribution is -0.143. The lowest BCUT2D eigenvalue weighted by Gasteiger charge is -2.20. The van der Waals surface area contributed by atoms with Gasteiger partial charge in [-0.1, -0.05) is 12.1 Å². The number of hydrogen-bond donors (Lipinski definition) is 1. The van der Waals surface area contributed by atoms with Crippen LogP contribution in [0.15, 0.2) is 36.9 Å². The summed E-state index contributed by atoms with van der Waals surface area (Å²) in [5, 5.41) is 2.51. The zero-order valence-electron chi connectivity index (χ0n) is 11.3. The number of halogens is 1. The predicted molar refractivity (Wildman–Crippen MR) is 73.8 cm³/mol. The van der Waals surface area contributed by atoms with Crippen molar-refractivity contribution >= 4 is 17.7 Å². The van der Waals surface area contributed by atoms with Gasteiger partial charge in [-0.05, 0) is 25.1 Å². The molecule has 108 valence electrons. The van der Waals surface area contributed by atoms with E-state index >= 15 is 0 Å². The smallest absolute Gasteiger partial charge is 0.325 e. The SMILES string of the molecule is C=CCN(CC(=O)OCC)C(=O)Nc1cccc(F)c1. The maximum Gasteiger partial charge on any atom is 0.325 e. The number of carbonyl (C=O) groups is 2. The quantitative estimate of drug-likeness (QED) is 0.643. The molecular formula is C14H17FN2O3. The number of benzene rings is 1. The number of urea groups is 1. The Morgan fingerprint density at radius 2 is 2.25 bits per heavy atom.